The van der Waals surface area contributed by atoms with E-state index in [-0.39, 0.29) is 6.04 Å². The van der Waals surface area contributed by atoms with Crippen LogP contribution in [0.5, 0.6) is 0 Å². The second-order valence-electron chi connectivity index (χ2n) is 4.55. The average Bonchev–Trinajstić information content (AvgIpc) is 2.76. The first-order valence-electron chi connectivity index (χ1n) is 5.90. The van der Waals surface area contributed by atoms with Gasteiger partial charge >= 0.3 is 0 Å². The lowest BCUT2D eigenvalue weighted by molar-refractivity contribution is 0.527. The van der Waals surface area contributed by atoms with Crippen molar-refractivity contribution < 1.29 is 0 Å². The minimum atomic E-state index is 0.130. The fourth-order valence-corrected chi connectivity index (χ4v) is 2.54. The van der Waals surface area contributed by atoms with Crippen molar-refractivity contribution >= 4 is 0 Å². The number of nitrogens with two attached hydrogens (primary N) is 1. The monoisotopic (exact) mass is 229 g/mol. The van der Waals surface area contributed by atoms with Gasteiger partial charge < -0.3 is 5.73 Å². The lowest BCUT2D eigenvalue weighted by Gasteiger charge is -2.21. The fraction of sp³-hybridized carbons (Fsp3) is 0.357. The van der Waals surface area contributed by atoms with E-state index < -0.39 is 0 Å². The van der Waals surface area contributed by atoms with Gasteiger partial charge in [-0.3, -0.25) is 4.68 Å². The normalized spacial score (nSPS) is 12.7. The van der Waals surface area contributed by atoms with Crippen LogP contribution in [0.2, 0.25) is 0 Å². The number of nitrogens with zero attached hydrogens (tertiary/aromatic N) is 2. The lowest BCUT2D eigenvalue weighted by atomic mass is 9.94. The van der Waals surface area contributed by atoms with Gasteiger partial charge in [0.25, 0.3) is 0 Å². The molecule has 0 bridgehead atoms. The molecule has 1 aromatic carbocycles. The van der Waals surface area contributed by atoms with Crippen molar-refractivity contribution in [2.45, 2.75) is 26.8 Å². The molecule has 17 heavy (non-hydrogen) atoms. The highest BCUT2D eigenvalue weighted by atomic mass is 15.3. The van der Waals surface area contributed by atoms with Gasteiger partial charge in [0.15, 0.2) is 0 Å². The summed E-state index contributed by atoms with van der Waals surface area (Å²) in [7, 11) is 0. The zero-order valence-corrected chi connectivity index (χ0v) is 10.6. The topological polar surface area (TPSA) is 43.8 Å². The Hall–Kier alpha value is -1.61. The SMILES string of the molecule is Cc1cc(C)c(C(CN)n2cccn2)c(C)c1. The highest BCUT2D eigenvalue weighted by Crippen LogP contribution is 2.25. The van der Waals surface area contributed by atoms with Gasteiger partial charge in [-0.2, -0.15) is 5.10 Å². The van der Waals surface area contributed by atoms with Crippen LogP contribution in [0, 0.1) is 20.8 Å². The molecule has 0 fully saturated rings. The molecule has 0 saturated carbocycles. The van der Waals surface area contributed by atoms with Crippen LogP contribution >= 0.6 is 0 Å². The summed E-state index contributed by atoms with van der Waals surface area (Å²) >= 11 is 0. The van der Waals surface area contributed by atoms with E-state index in [4.69, 9.17) is 5.73 Å². The summed E-state index contributed by atoms with van der Waals surface area (Å²) in [5.41, 5.74) is 11.1. The van der Waals surface area contributed by atoms with Crippen molar-refractivity contribution in [1.82, 2.24) is 9.78 Å². The third-order valence-corrected chi connectivity index (χ3v) is 3.14. The Morgan fingerprint density at radius 1 is 1.24 bits per heavy atom. The molecule has 1 aromatic heterocycles. The molecule has 2 aromatic rings. The molecule has 0 aliphatic heterocycles. The maximum atomic E-state index is 5.91. The molecule has 3 heteroatoms. The molecule has 3 nitrogen and oxygen atoms in total. The minimum absolute atomic E-state index is 0.130. The van der Waals surface area contributed by atoms with Crippen molar-refractivity contribution in [2.24, 2.45) is 5.73 Å². The summed E-state index contributed by atoms with van der Waals surface area (Å²) < 4.78 is 1.94. The summed E-state index contributed by atoms with van der Waals surface area (Å²) in [6.45, 7) is 6.96. The number of benzene rings is 1. The molecule has 1 unspecified atom stereocenters. The molecule has 90 valence electrons. The smallest absolute Gasteiger partial charge is 0.0895 e. The second kappa shape index (κ2) is 4.72. The standard InChI is InChI=1S/C14H19N3/c1-10-7-11(2)14(12(3)8-10)13(9-15)17-6-4-5-16-17/h4-8,13H,9,15H2,1-3H3. The summed E-state index contributed by atoms with van der Waals surface area (Å²) in [5.74, 6) is 0. The van der Waals surface area contributed by atoms with Crippen LogP contribution in [0.25, 0.3) is 0 Å². The first-order valence-corrected chi connectivity index (χ1v) is 5.90. The predicted octanol–water partition coefficient (Wildman–Crippen LogP) is 2.36. The van der Waals surface area contributed by atoms with Crippen molar-refractivity contribution in [2.75, 3.05) is 6.54 Å². The van der Waals surface area contributed by atoms with Gasteiger partial charge in [0.2, 0.25) is 0 Å². The van der Waals surface area contributed by atoms with Gasteiger partial charge in [-0.05, 0) is 43.5 Å². The Morgan fingerprint density at radius 2 is 1.88 bits per heavy atom. The molecule has 2 N–H and O–H groups in total. The van der Waals surface area contributed by atoms with Crippen LogP contribution in [0.3, 0.4) is 0 Å². The van der Waals surface area contributed by atoms with E-state index in [1.54, 1.807) is 6.20 Å². The third kappa shape index (κ3) is 2.24. The Bertz CT molecular complexity index is 477. The van der Waals surface area contributed by atoms with Crippen LogP contribution in [-0.4, -0.2) is 16.3 Å². The summed E-state index contributed by atoms with van der Waals surface area (Å²) in [6.07, 6.45) is 3.76. The van der Waals surface area contributed by atoms with Crippen molar-refractivity contribution in [1.29, 1.82) is 0 Å². The Labute approximate surface area is 102 Å². The average molecular weight is 229 g/mol. The molecule has 0 saturated heterocycles. The predicted molar refractivity (Wildman–Crippen MR) is 70.1 cm³/mol. The van der Waals surface area contributed by atoms with Crippen molar-refractivity contribution in [3.05, 3.63) is 52.8 Å². The van der Waals surface area contributed by atoms with E-state index in [0.717, 1.165) is 0 Å². The van der Waals surface area contributed by atoms with Gasteiger partial charge in [-0.15, -0.1) is 0 Å². The van der Waals surface area contributed by atoms with Gasteiger partial charge in [0.05, 0.1) is 6.04 Å². The maximum Gasteiger partial charge on any atom is 0.0895 e. The molecular formula is C14H19N3. The quantitative estimate of drug-likeness (QED) is 0.878. The Kier molecular flexibility index (Phi) is 3.29. The molecule has 0 radical (unpaired) electrons. The van der Waals surface area contributed by atoms with E-state index in [1.807, 2.05) is 16.9 Å². The van der Waals surface area contributed by atoms with Crippen LogP contribution in [0.15, 0.2) is 30.6 Å². The minimum Gasteiger partial charge on any atom is -0.328 e. The van der Waals surface area contributed by atoms with Crippen molar-refractivity contribution in [3.63, 3.8) is 0 Å². The van der Waals surface area contributed by atoms with Gasteiger partial charge in [0.1, 0.15) is 0 Å². The number of aromatic nitrogens is 2. The van der Waals surface area contributed by atoms with Crippen LogP contribution in [0.1, 0.15) is 28.3 Å². The number of rotatable bonds is 3. The largest absolute Gasteiger partial charge is 0.328 e. The summed E-state index contributed by atoms with van der Waals surface area (Å²) in [5, 5.41) is 4.31. The fourth-order valence-electron chi connectivity index (χ4n) is 2.54. The Morgan fingerprint density at radius 3 is 2.35 bits per heavy atom. The Balaban J connectivity index is 2.52. The van der Waals surface area contributed by atoms with Gasteiger partial charge in [0, 0.05) is 18.9 Å². The zero-order valence-electron chi connectivity index (χ0n) is 10.6. The maximum absolute atomic E-state index is 5.91. The molecule has 2 rings (SSSR count). The molecule has 0 spiro atoms. The first-order chi connectivity index (χ1) is 8.13. The van der Waals surface area contributed by atoms with E-state index in [1.165, 1.54) is 22.3 Å². The molecule has 1 heterocycles. The van der Waals surface area contributed by atoms with Gasteiger partial charge in [-0.25, -0.2) is 0 Å². The molecule has 0 aliphatic carbocycles. The number of hydrogen-bond acceptors (Lipinski definition) is 2. The van der Waals surface area contributed by atoms with E-state index in [9.17, 15) is 0 Å². The summed E-state index contributed by atoms with van der Waals surface area (Å²) in [4.78, 5) is 0. The lowest BCUT2D eigenvalue weighted by Crippen LogP contribution is -2.22. The number of hydrogen-bond donors (Lipinski definition) is 1. The van der Waals surface area contributed by atoms with Crippen LogP contribution in [-0.2, 0) is 0 Å². The second-order valence-corrected chi connectivity index (χ2v) is 4.55. The van der Waals surface area contributed by atoms with Crippen LogP contribution < -0.4 is 5.73 Å². The van der Waals surface area contributed by atoms with Crippen LogP contribution in [0.4, 0.5) is 0 Å². The number of aryl methyl sites for hydroxylation is 3. The third-order valence-electron chi connectivity index (χ3n) is 3.14. The molecular weight excluding hydrogens is 210 g/mol. The van der Waals surface area contributed by atoms with E-state index >= 15 is 0 Å². The van der Waals surface area contributed by atoms with E-state index in [2.05, 4.69) is 38.0 Å². The highest BCUT2D eigenvalue weighted by molar-refractivity contribution is 5.40. The van der Waals surface area contributed by atoms with Gasteiger partial charge in [-0.1, -0.05) is 17.7 Å². The molecule has 0 amide bonds. The molecule has 1 atom stereocenters. The first kappa shape index (κ1) is 11.9. The van der Waals surface area contributed by atoms with E-state index in [0.29, 0.717) is 6.54 Å². The highest BCUT2D eigenvalue weighted by Gasteiger charge is 2.16. The van der Waals surface area contributed by atoms with Crippen molar-refractivity contribution in [3.8, 4) is 0 Å². The molecule has 0 aliphatic rings. The summed E-state index contributed by atoms with van der Waals surface area (Å²) in [6, 6.07) is 6.47. The zero-order chi connectivity index (χ0) is 12.4.